The predicted octanol–water partition coefficient (Wildman–Crippen LogP) is 2.67. The highest BCUT2D eigenvalue weighted by atomic mass is 16.3. The molecule has 1 atom stereocenters. The van der Waals surface area contributed by atoms with Crippen LogP contribution in [0, 0.1) is 0 Å². The van der Waals surface area contributed by atoms with Gasteiger partial charge in [0.05, 0.1) is 5.69 Å². The minimum absolute atomic E-state index is 0.536. The molecule has 0 radical (unpaired) electrons. The van der Waals surface area contributed by atoms with Gasteiger partial charge >= 0.3 is 0 Å². The lowest BCUT2D eigenvalue weighted by atomic mass is 10.0. The van der Waals surface area contributed by atoms with E-state index in [1.54, 1.807) is 0 Å². The molecule has 1 aromatic carbocycles. The van der Waals surface area contributed by atoms with Crippen molar-refractivity contribution in [2.24, 2.45) is 7.05 Å². The molecule has 0 spiro atoms. The minimum atomic E-state index is -0.536. The fraction of sp³-hybridized carbons (Fsp3) is 0.286. The number of rotatable bonds is 3. The molecule has 0 aliphatic rings. The Kier molecular flexibility index (Phi) is 3.11. The summed E-state index contributed by atoms with van der Waals surface area (Å²) in [7, 11) is 1.94. The van der Waals surface area contributed by atoms with Crippen LogP contribution in [-0.2, 0) is 13.5 Å². The van der Waals surface area contributed by atoms with E-state index in [0.717, 1.165) is 17.7 Å². The Morgan fingerprint density at radius 1 is 1.19 bits per heavy atom. The van der Waals surface area contributed by atoms with Crippen LogP contribution in [0.3, 0.4) is 0 Å². The highest BCUT2D eigenvalue weighted by molar-refractivity contribution is 5.29. The summed E-state index contributed by atoms with van der Waals surface area (Å²) in [4.78, 5) is 0. The molecule has 2 rings (SSSR count). The molecule has 1 aromatic heterocycles. The molecule has 2 aromatic rings. The summed E-state index contributed by atoms with van der Waals surface area (Å²) in [5, 5.41) is 10.2. The number of aliphatic hydroxyl groups is 1. The molecule has 2 heteroatoms. The van der Waals surface area contributed by atoms with Crippen LogP contribution in [-0.4, -0.2) is 9.67 Å². The average Bonchev–Trinajstić information content (AvgIpc) is 2.75. The van der Waals surface area contributed by atoms with Crippen molar-refractivity contribution < 1.29 is 5.11 Å². The maximum Gasteiger partial charge on any atom is 0.119 e. The van der Waals surface area contributed by atoms with Crippen molar-refractivity contribution in [1.29, 1.82) is 0 Å². The summed E-state index contributed by atoms with van der Waals surface area (Å²) in [5.41, 5.74) is 3.16. The van der Waals surface area contributed by atoms with Gasteiger partial charge in [0.1, 0.15) is 6.10 Å². The number of hydrogen-bond donors (Lipinski definition) is 1. The molecule has 0 fully saturated rings. The number of nitrogens with zero attached hydrogens (tertiary/aromatic N) is 1. The third-order valence-corrected chi connectivity index (χ3v) is 2.97. The average molecular weight is 215 g/mol. The van der Waals surface area contributed by atoms with Crippen molar-refractivity contribution in [3.05, 3.63) is 59.4 Å². The van der Waals surface area contributed by atoms with Gasteiger partial charge in [-0.05, 0) is 29.7 Å². The molecule has 1 N–H and O–H groups in total. The second kappa shape index (κ2) is 4.54. The van der Waals surface area contributed by atoms with Crippen molar-refractivity contribution in [3.63, 3.8) is 0 Å². The smallest absolute Gasteiger partial charge is 0.119 e. The van der Waals surface area contributed by atoms with Crippen LogP contribution >= 0.6 is 0 Å². The van der Waals surface area contributed by atoms with Crippen molar-refractivity contribution in [2.75, 3.05) is 0 Å². The lowest BCUT2D eigenvalue weighted by Gasteiger charge is -2.12. The summed E-state index contributed by atoms with van der Waals surface area (Å²) in [6, 6.07) is 12.0. The second-order valence-corrected chi connectivity index (χ2v) is 4.04. The Bertz CT molecular complexity index is 456. The molecule has 2 nitrogen and oxygen atoms in total. The number of benzene rings is 1. The lowest BCUT2D eigenvalue weighted by Crippen LogP contribution is -2.04. The van der Waals surface area contributed by atoms with Crippen LogP contribution in [0.15, 0.2) is 42.6 Å². The molecule has 0 aliphatic carbocycles. The Morgan fingerprint density at radius 3 is 2.38 bits per heavy atom. The van der Waals surface area contributed by atoms with E-state index in [0.29, 0.717) is 0 Å². The summed E-state index contributed by atoms with van der Waals surface area (Å²) in [6.45, 7) is 2.13. The van der Waals surface area contributed by atoms with E-state index in [2.05, 4.69) is 19.1 Å². The van der Waals surface area contributed by atoms with E-state index in [9.17, 15) is 5.11 Å². The zero-order valence-corrected chi connectivity index (χ0v) is 9.72. The molecule has 0 bridgehead atoms. The summed E-state index contributed by atoms with van der Waals surface area (Å²) in [5.74, 6) is 0. The van der Waals surface area contributed by atoms with Gasteiger partial charge < -0.3 is 9.67 Å². The van der Waals surface area contributed by atoms with Gasteiger partial charge in [0.15, 0.2) is 0 Å². The standard InChI is InChI=1S/C14H17NO/c1-3-11-6-8-12(9-7-11)14(16)13-5-4-10-15(13)2/h4-10,14,16H,3H2,1-2H3/t14-/m0/s1. The monoisotopic (exact) mass is 215 g/mol. The van der Waals surface area contributed by atoms with Crippen LogP contribution in [0.1, 0.15) is 29.8 Å². The first-order valence-corrected chi connectivity index (χ1v) is 5.60. The SMILES string of the molecule is CCc1ccc([C@H](O)c2cccn2C)cc1. The molecule has 84 valence electrons. The molecule has 0 saturated heterocycles. The van der Waals surface area contributed by atoms with Gasteiger partial charge in [-0.2, -0.15) is 0 Å². The molecule has 0 saturated carbocycles. The number of aromatic nitrogens is 1. The van der Waals surface area contributed by atoms with Gasteiger partial charge in [-0.1, -0.05) is 31.2 Å². The number of aryl methyl sites for hydroxylation is 2. The summed E-state index contributed by atoms with van der Waals surface area (Å²) in [6.07, 6.45) is 2.44. The Labute approximate surface area is 96.2 Å². The van der Waals surface area contributed by atoms with Crippen molar-refractivity contribution in [1.82, 2.24) is 4.57 Å². The molecular formula is C14H17NO. The normalized spacial score (nSPS) is 12.7. The zero-order chi connectivity index (χ0) is 11.5. The number of hydrogen-bond acceptors (Lipinski definition) is 1. The first-order chi connectivity index (χ1) is 7.72. The largest absolute Gasteiger partial charge is 0.382 e. The Hall–Kier alpha value is -1.54. The van der Waals surface area contributed by atoms with E-state index < -0.39 is 6.10 Å². The van der Waals surface area contributed by atoms with Crippen molar-refractivity contribution in [2.45, 2.75) is 19.4 Å². The van der Waals surface area contributed by atoms with Crippen molar-refractivity contribution >= 4 is 0 Å². The molecule has 0 unspecified atom stereocenters. The quantitative estimate of drug-likeness (QED) is 0.836. The van der Waals surface area contributed by atoms with E-state index in [4.69, 9.17) is 0 Å². The molecule has 1 heterocycles. The van der Waals surface area contributed by atoms with Gasteiger partial charge in [0.2, 0.25) is 0 Å². The summed E-state index contributed by atoms with van der Waals surface area (Å²) < 4.78 is 1.94. The highest BCUT2D eigenvalue weighted by Crippen LogP contribution is 2.22. The molecule has 0 amide bonds. The van der Waals surface area contributed by atoms with Gasteiger partial charge in [0, 0.05) is 13.2 Å². The van der Waals surface area contributed by atoms with Gasteiger partial charge in [-0.3, -0.25) is 0 Å². The highest BCUT2D eigenvalue weighted by Gasteiger charge is 2.12. The van der Waals surface area contributed by atoms with Crippen LogP contribution in [0.2, 0.25) is 0 Å². The fourth-order valence-electron chi connectivity index (χ4n) is 1.86. The lowest BCUT2D eigenvalue weighted by molar-refractivity contribution is 0.211. The van der Waals surface area contributed by atoms with E-state index >= 15 is 0 Å². The van der Waals surface area contributed by atoms with Crippen LogP contribution in [0.4, 0.5) is 0 Å². The van der Waals surface area contributed by atoms with Gasteiger partial charge in [0.25, 0.3) is 0 Å². The van der Waals surface area contributed by atoms with Crippen LogP contribution < -0.4 is 0 Å². The van der Waals surface area contributed by atoms with Crippen LogP contribution in [0.5, 0.6) is 0 Å². The predicted molar refractivity (Wildman–Crippen MR) is 65.3 cm³/mol. The fourth-order valence-corrected chi connectivity index (χ4v) is 1.86. The van der Waals surface area contributed by atoms with Crippen molar-refractivity contribution in [3.8, 4) is 0 Å². The van der Waals surface area contributed by atoms with Gasteiger partial charge in [-0.25, -0.2) is 0 Å². The summed E-state index contributed by atoms with van der Waals surface area (Å²) >= 11 is 0. The van der Waals surface area contributed by atoms with Crippen LogP contribution in [0.25, 0.3) is 0 Å². The zero-order valence-electron chi connectivity index (χ0n) is 9.72. The van der Waals surface area contributed by atoms with Gasteiger partial charge in [-0.15, -0.1) is 0 Å². The maximum atomic E-state index is 10.2. The maximum absolute atomic E-state index is 10.2. The first-order valence-electron chi connectivity index (χ1n) is 5.60. The second-order valence-electron chi connectivity index (χ2n) is 4.04. The molecule has 0 aliphatic heterocycles. The van der Waals surface area contributed by atoms with E-state index in [1.165, 1.54) is 5.56 Å². The Morgan fingerprint density at radius 2 is 1.88 bits per heavy atom. The third kappa shape index (κ3) is 2.02. The third-order valence-electron chi connectivity index (χ3n) is 2.97. The minimum Gasteiger partial charge on any atom is -0.382 e. The van der Waals surface area contributed by atoms with E-state index in [1.807, 2.05) is 42.1 Å². The first kappa shape index (κ1) is 11.0. The molecular weight excluding hydrogens is 198 g/mol. The Balaban J connectivity index is 2.27. The number of aliphatic hydroxyl groups excluding tert-OH is 1. The molecule has 16 heavy (non-hydrogen) atoms. The van der Waals surface area contributed by atoms with E-state index in [-0.39, 0.29) is 0 Å². The topological polar surface area (TPSA) is 25.2 Å².